The summed E-state index contributed by atoms with van der Waals surface area (Å²) in [7, 11) is 0. The van der Waals surface area contributed by atoms with Crippen molar-refractivity contribution in [1.29, 1.82) is 0 Å². The third-order valence-corrected chi connectivity index (χ3v) is 6.24. The maximum absolute atomic E-state index is 13.7. The summed E-state index contributed by atoms with van der Waals surface area (Å²) in [6.07, 6.45) is -1.13. The number of alkyl halides is 3. The second-order valence-electron chi connectivity index (χ2n) is 8.29. The number of hydrogen-bond acceptors (Lipinski definition) is 3. The van der Waals surface area contributed by atoms with E-state index < -0.39 is 29.7 Å². The van der Waals surface area contributed by atoms with E-state index in [-0.39, 0.29) is 43.1 Å². The number of amides is 4. The maximum atomic E-state index is 13.7. The molecule has 33 heavy (non-hydrogen) atoms. The van der Waals surface area contributed by atoms with Crippen LogP contribution in [-0.4, -0.2) is 65.3 Å². The van der Waals surface area contributed by atoms with Gasteiger partial charge in [0, 0.05) is 32.6 Å². The molecule has 1 aromatic carbocycles. The Bertz CT molecular complexity index is 1010. The Morgan fingerprint density at radius 1 is 1.18 bits per heavy atom. The topological polar surface area (TPSA) is 73.0 Å². The molecule has 0 unspecified atom stereocenters. The predicted molar refractivity (Wildman–Crippen MR) is 114 cm³/mol. The fourth-order valence-electron chi connectivity index (χ4n) is 4.65. The van der Waals surface area contributed by atoms with Gasteiger partial charge in [0.1, 0.15) is 0 Å². The zero-order chi connectivity index (χ0) is 23.8. The van der Waals surface area contributed by atoms with Crippen molar-refractivity contribution >= 4 is 17.8 Å². The fourth-order valence-corrected chi connectivity index (χ4v) is 4.65. The highest BCUT2D eigenvalue weighted by molar-refractivity contribution is 6.01. The Morgan fingerprint density at radius 2 is 1.88 bits per heavy atom. The fraction of sp³-hybridized carbons (Fsp3) is 0.435. The van der Waals surface area contributed by atoms with Gasteiger partial charge in [0.25, 0.3) is 5.91 Å². The second-order valence-corrected chi connectivity index (χ2v) is 8.29. The van der Waals surface area contributed by atoms with Crippen molar-refractivity contribution in [2.24, 2.45) is 0 Å². The van der Waals surface area contributed by atoms with Crippen LogP contribution in [0.15, 0.2) is 48.2 Å². The molecule has 4 amide bonds. The van der Waals surface area contributed by atoms with E-state index in [1.165, 1.54) is 34.1 Å². The number of nitrogens with one attached hydrogen (secondary N) is 1. The quantitative estimate of drug-likeness (QED) is 0.661. The van der Waals surface area contributed by atoms with Gasteiger partial charge < -0.3 is 15.1 Å². The van der Waals surface area contributed by atoms with E-state index in [1.807, 2.05) is 0 Å². The van der Waals surface area contributed by atoms with Gasteiger partial charge in [-0.1, -0.05) is 24.3 Å². The van der Waals surface area contributed by atoms with Crippen LogP contribution in [0.1, 0.15) is 36.4 Å². The van der Waals surface area contributed by atoms with Crippen LogP contribution in [0.3, 0.4) is 0 Å². The van der Waals surface area contributed by atoms with E-state index in [0.29, 0.717) is 18.8 Å². The largest absolute Gasteiger partial charge is 0.416 e. The smallest absolute Gasteiger partial charge is 0.343 e. The Hall–Kier alpha value is -3.30. The molecule has 0 bridgehead atoms. The van der Waals surface area contributed by atoms with E-state index in [4.69, 9.17) is 0 Å². The van der Waals surface area contributed by atoms with Gasteiger partial charge in [0.2, 0.25) is 5.91 Å². The molecule has 1 atom stereocenters. The third kappa shape index (κ3) is 4.34. The monoisotopic (exact) mass is 462 g/mol. The molecular weight excluding hydrogens is 437 g/mol. The zero-order valence-corrected chi connectivity index (χ0v) is 18.0. The summed E-state index contributed by atoms with van der Waals surface area (Å²) in [6.45, 7) is 5.30. The number of rotatable bonds is 6. The first-order chi connectivity index (χ1) is 15.7. The van der Waals surface area contributed by atoms with Gasteiger partial charge in [-0.25, -0.2) is 4.79 Å². The van der Waals surface area contributed by atoms with Crippen molar-refractivity contribution < 1.29 is 27.6 Å². The van der Waals surface area contributed by atoms with Gasteiger partial charge >= 0.3 is 12.2 Å². The molecule has 4 rings (SSSR count). The average Bonchev–Trinajstić information content (AvgIpc) is 3.42. The molecule has 0 aromatic heterocycles. The van der Waals surface area contributed by atoms with Crippen LogP contribution in [0.25, 0.3) is 0 Å². The van der Waals surface area contributed by atoms with Crippen molar-refractivity contribution in [2.45, 2.75) is 31.5 Å². The highest BCUT2D eigenvalue weighted by Gasteiger charge is 2.46. The SMILES string of the molecule is C=CCN1C(=O)N[C@H](c2ccccc2C(F)(F)F)C2=C1CN(CCC(=O)N1CCCC1)C2=O. The molecule has 0 saturated carbocycles. The van der Waals surface area contributed by atoms with Crippen LogP contribution in [0.5, 0.6) is 0 Å². The highest BCUT2D eigenvalue weighted by atomic mass is 19.4. The van der Waals surface area contributed by atoms with Gasteiger partial charge in [-0.3, -0.25) is 14.5 Å². The van der Waals surface area contributed by atoms with E-state index >= 15 is 0 Å². The first kappa shape index (κ1) is 22.9. The normalized spacial score (nSPS) is 20.9. The van der Waals surface area contributed by atoms with E-state index in [9.17, 15) is 27.6 Å². The minimum atomic E-state index is -4.65. The summed E-state index contributed by atoms with van der Waals surface area (Å²) in [5.41, 5.74) is -0.650. The number of carbonyl (C=O) groups excluding carboxylic acids is 3. The summed E-state index contributed by atoms with van der Waals surface area (Å²) in [4.78, 5) is 43.1. The predicted octanol–water partition coefficient (Wildman–Crippen LogP) is 3.07. The van der Waals surface area contributed by atoms with Crippen LogP contribution in [0.4, 0.5) is 18.0 Å². The van der Waals surface area contributed by atoms with E-state index in [1.54, 1.807) is 4.90 Å². The molecular formula is C23H25F3N4O3. The standard InChI is InChI=1S/C23H25F3N4O3/c1-2-10-30-17-14-29(13-9-18(31)28-11-5-6-12-28)21(32)19(17)20(27-22(30)33)15-7-3-4-8-16(15)23(24,25)26/h2-4,7-8,20H,1,5-6,9-14H2,(H,27,33)/t20-/m1/s1. The van der Waals surface area contributed by atoms with Gasteiger partial charge in [0.15, 0.2) is 0 Å². The molecule has 176 valence electrons. The van der Waals surface area contributed by atoms with Crippen LogP contribution in [0.2, 0.25) is 0 Å². The van der Waals surface area contributed by atoms with Crippen molar-refractivity contribution in [3.63, 3.8) is 0 Å². The zero-order valence-electron chi connectivity index (χ0n) is 18.0. The number of hydrogen-bond donors (Lipinski definition) is 1. The van der Waals surface area contributed by atoms with Crippen molar-refractivity contribution in [3.05, 3.63) is 59.3 Å². The molecule has 7 nitrogen and oxygen atoms in total. The van der Waals surface area contributed by atoms with Gasteiger partial charge in [0.05, 0.1) is 29.4 Å². The second kappa shape index (κ2) is 8.92. The van der Waals surface area contributed by atoms with Gasteiger partial charge in [-0.05, 0) is 24.5 Å². The summed E-state index contributed by atoms with van der Waals surface area (Å²) in [6, 6.07) is 3.08. The van der Waals surface area contributed by atoms with Crippen LogP contribution >= 0.6 is 0 Å². The Balaban J connectivity index is 1.64. The van der Waals surface area contributed by atoms with E-state index in [2.05, 4.69) is 11.9 Å². The molecule has 3 aliphatic heterocycles. The molecule has 0 aliphatic carbocycles. The molecule has 3 heterocycles. The summed E-state index contributed by atoms with van der Waals surface area (Å²) < 4.78 is 41.0. The Kier molecular flexibility index (Phi) is 6.18. The van der Waals surface area contributed by atoms with Crippen LogP contribution in [-0.2, 0) is 15.8 Å². The van der Waals surface area contributed by atoms with Crippen LogP contribution in [0, 0.1) is 0 Å². The lowest BCUT2D eigenvalue weighted by molar-refractivity contribution is -0.138. The average molecular weight is 462 g/mol. The minimum absolute atomic E-state index is 0.0490. The summed E-state index contributed by atoms with van der Waals surface area (Å²) in [5, 5.41) is 2.57. The molecule has 10 heteroatoms. The number of halogens is 3. The first-order valence-corrected chi connectivity index (χ1v) is 10.9. The molecule has 0 spiro atoms. The number of urea groups is 1. The number of nitrogens with zero attached hydrogens (tertiary/aromatic N) is 3. The molecule has 1 fully saturated rings. The number of likely N-dealkylation sites (tertiary alicyclic amines) is 1. The maximum Gasteiger partial charge on any atom is 0.416 e. The van der Waals surface area contributed by atoms with Crippen molar-refractivity contribution in [2.75, 3.05) is 32.7 Å². The van der Waals surface area contributed by atoms with Gasteiger partial charge in [-0.2, -0.15) is 13.2 Å². The lowest BCUT2D eigenvalue weighted by Crippen LogP contribution is -2.47. The number of benzene rings is 1. The molecule has 0 radical (unpaired) electrons. The summed E-state index contributed by atoms with van der Waals surface area (Å²) >= 11 is 0. The van der Waals surface area contributed by atoms with Crippen molar-refractivity contribution in [3.8, 4) is 0 Å². The highest BCUT2D eigenvalue weighted by Crippen LogP contribution is 2.41. The molecule has 1 aromatic rings. The van der Waals surface area contributed by atoms with Crippen LogP contribution < -0.4 is 5.32 Å². The third-order valence-electron chi connectivity index (χ3n) is 6.24. The Morgan fingerprint density at radius 3 is 2.55 bits per heavy atom. The molecule has 3 aliphatic rings. The lowest BCUT2D eigenvalue weighted by Gasteiger charge is -2.33. The van der Waals surface area contributed by atoms with Gasteiger partial charge in [-0.15, -0.1) is 6.58 Å². The summed E-state index contributed by atoms with van der Waals surface area (Å²) in [5.74, 6) is -0.531. The lowest BCUT2D eigenvalue weighted by atomic mass is 9.91. The Labute approximate surface area is 189 Å². The minimum Gasteiger partial charge on any atom is -0.343 e. The molecule has 1 saturated heterocycles. The van der Waals surface area contributed by atoms with Crippen molar-refractivity contribution in [1.82, 2.24) is 20.0 Å². The first-order valence-electron chi connectivity index (χ1n) is 10.9. The molecule has 1 N–H and O–H groups in total. The van der Waals surface area contributed by atoms with E-state index in [0.717, 1.165) is 18.9 Å². The number of carbonyl (C=O) groups is 3.